The molecule has 1 amide bonds. The molecule has 0 bridgehead atoms. The van der Waals surface area contributed by atoms with Gasteiger partial charge in [0.05, 0.1) is 6.61 Å². The van der Waals surface area contributed by atoms with Crippen LogP contribution in [0.2, 0.25) is 5.02 Å². The Balaban J connectivity index is 1.52. The van der Waals surface area contributed by atoms with E-state index in [4.69, 9.17) is 20.8 Å². The summed E-state index contributed by atoms with van der Waals surface area (Å²) in [6, 6.07) is 19.8. The van der Waals surface area contributed by atoms with E-state index in [1.165, 1.54) is 0 Å². The van der Waals surface area contributed by atoms with Gasteiger partial charge in [-0.2, -0.15) is 0 Å². The third-order valence-corrected chi connectivity index (χ3v) is 4.63. The Morgan fingerprint density at radius 3 is 2.77 bits per heavy atom. The van der Waals surface area contributed by atoms with Crippen LogP contribution in [0.15, 0.2) is 71.1 Å². The number of fused-ring (bicyclic) bond motifs is 1. The first kappa shape index (κ1) is 20.0. The van der Waals surface area contributed by atoms with Gasteiger partial charge in [0.15, 0.2) is 5.58 Å². The molecule has 3 aromatic carbocycles. The van der Waals surface area contributed by atoms with Gasteiger partial charge >= 0.3 is 0 Å². The van der Waals surface area contributed by atoms with Crippen LogP contribution in [0, 0.1) is 5.92 Å². The van der Waals surface area contributed by atoms with Gasteiger partial charge in [-0.1, -0.05) is 37.6 Å². The Bertz CT molecular complexity index is 1200. The molecule has 0 aliphatic carbocycles. The van der Waals surface area contributed by atoms with Crippen molar-refractivity contribution >= 4 is 34.3 Å². The van der Waals surface area contributed by atoms with E-state index in [0.717, 1.165) is 5.56 Å². The number of benzene rings is 3. The number of halogens is 1. The Hall–Kier alpha value is -3.31. The summed E-state index contributed by atoms with van der Waals surface area (Å²) in [7, 11) is 0. The second kappa shape index (κ2) is 8.59. The second-order valence-corrected chi connectivity index (χ2v) is 7.84. The molecule has 4 aromatic rings. The normalized spacial score (nSPS) is 11.1. The molecule has 5 nitrogen and oxygen atoms in total. The number of carbonyl (C=O) groups is 1. The fourth-order valence-corrected chi connectivity index (χ4v) is 3.11. The molecule has 1 heterocycles. The topological polar surface area (TPSA) is 64.4 Å². The molecule has 0 saturated carbocycles. The van der Waals surface area contributed by atoms with Crippen LogP contribution in [-0.4, -0.2) is 17.5 Å². The highest BCUT2D eigenvalue weighted by atomic mass is 35.5. The lowest BCUT2D eigenvalue weighted by Crippen LogP contribution is -2.12. The van der Waals surface area contributed by atoms with E-state index in [1.807, 2.05) is 36.4 Å². The number of nitrogens with one attached hydrogen (secondary N) is 1. The summed E-state index contributed by atoms with van der Waals surface area (Å²) >= 11 is 6.02. The van der Waals surface area contributed by atoms with Gasteiger partial charge in [-0.3, -0.25) is 4.79 Å². The minimum absolute atomic E-state index is 0.216. The predicted octanol–water partition coefficient (Wildman–Crippen LogP) is 6.44. The molecule has 4 rings (SSSR count). The minimum Gasteiger partial charge on any atom is -0.493 e. The zero-order valence-corrected chi connectivity index (χ0v) is 17.4. The summed E-state index contributed by atoms with van der Waals surface area (Å²) < 4.78 is 11.5. The Kier molecular flexibility index (Phi) is 5.72. The van der Waals surface area contributed by atoms with Crippen molar-refractivity contribution in [2.75, 3.05) is 11.9 Å². The molecule has 30 heavy (non-hydrogen) atoms. The molecular formula is C24H21ClN2O3. The third-order valence-electron chi connectivity index (χ3n) is 4.40. The molecule has 0 unspecified atom stereocenters. The highest BCUT2D eigenvalue weighted by molar-refractivity contribution is 6.31. The Morgan fingerprint density at radius 2 is 1.93 bits per heavy atom. The van der Waals surface area contributed by atoms with E-state index in [1.54, 1.807) is 30.3 Å². The standard InChI is InChI=1S/C24H21ClN2O3/c1-15(2)14-29-20-8-4-5-16(12-20)23(28)26-19-7-3-6-17(11-19)24-27-21-13-18(25)9-10-22(21)30-24/h3-13,15H,14H2,1-2H3,(H,26,28). The molecule has 0 aliphatic heterocycles. The lowest BCUT2D eigenvalue weighted by Gasteiger charge is -2.10. The van der Waals surface area contributed by atoms with E-state index in [2.05, 4.69) is 24.1 Å². The van der Waals surface area contributed by atoms with Crippen molar-refractivity contribution < 1.29 is 13.9 Å². The van der Waals surface area contributed by atoms with Crippen molar-refractivity contribution in [3.63, 3.8) is 0 Å². The maximum Gasteiger partial charge on any atom is 0.255 e. The average molecular weight is 421 g/mol. The summed E-state index contributed by atoms with van der Waals surface area (Å²) in [5, 5.41) is 3.52. The van der Waals surface area contributed by atoms with Gasteiger partial charge in [0.2, 0.25) is 5.89 Å². The van der Waals surface area contributed by atoms with Crippen molar-refractivity contribution in [3.8, 4) is 17.2 Å². The predicted molar refractivity (Wildman–Crippen MR) is 119 cm³/mol. The molecule has 6 heteroatoms. The zero-order valence-electron chi connectivity index (χ0n) is 16.7. The quantitative estimate of drug-likeness (QED) is 0.390. The number of carbonyl (C=O) groups excluding carboxylic acids is 1. The number of ether oxygens (including phenoxy) is 1. The van der Waals surface area contributed by atoms with Crippen LogP contribution < -0.4 is 10.1 Å². The number of anilines is 1. The van der Waals surface area contributed by atoms with Gasteiger partial charge in [0, 0.05) is 21.8 Å². The number of nitrogens with zero attached hydrogens (tertiary/aromatic N) is 1. The van der Waals surface area contributed by atoms with Gasteiger partial charge in [-0.15, -0.1) is 0 Å². The first-order valence-corrected chi connectivity index (χ1v) is 10.1. The minimum atomic E-state index is -0.216. The molecule has 0 spiro atoms. The van der Waals surface area contributed by atoms with Crippen molar-refractivity contribution in [2.24, 2.45) is 5.92 Å². The highest BCUT2D eigenvalue weighted by Gasteiger charge is 2.12. The molecule has 0 radical (unpaired) electrons. The van der Waals surface area contributed by atoms with Gasteiger partial charge in [0.25, 0.3) is 5.91 Å². The van der Waals surface area contributed by atoms with Crippen molar-refractivity contribution in [1.29, 1.82) is 0 Å². The van der Waals surface area contributed by atoms with Crippen LogP contribution in [0.1, 0.15) is 24.2 Å². The summed E-state index contributed by atoms with van der Waals surface area (Å²) in [5.41, 5.74) is 3.27. The number of amides is 1. The van der Waals surface area contributed by atoms with E-state index in [-0.39, 0.29) is 5.91 Å². The van der Waals surface area contributed by atoms with Crippen LogP contribution in [0.3, 0.4) is 0 Å². The summed E-state index contributed by atoms with van der Waals surface area (Å²) in [6.45, 7) is 4.76. The third kappa shape index (κ3) is 4.63. The lowest BCUT2D eigenvalue weighted by molar-refractivity contribution is 0.102. The molecule has 0 atom stereocenters. The van der Waals surface area contributed by atoms with Crippen LogP contribution in [0.25, 0.3) is 22.6 Å². The molecule has 0 saturated heterocycles. The zero-order chi connectivity index (χ0) is 21.1. The van der Waals surface area contributed by atoms with Gasteiger partial charge in [0.1, 0.15) is 11.3 Å². The number of aromatic nitrogens is 1. The maximum absolute atomic E-state index is 12.7. The first-order valence-electron chi connectivity index (χ1n) is 9.69. The van der Waals surface area contributed by atoms with E-state index in [9.17, 15) is 4.79 Å². The maximum atomic E-state index is 12.7. The fourth-order valence-electron chi connectivity index (χ4n) is 2.95. The van der Waals surface area contributed by atoms with Crippen molar-refractivity contribution in [1.82, 2.24) is 4.98 Å². The first-order chi connectivity index (χ1) is 14.5. The van der Waals surface area contributed by atoms with E-state index in [0.29, 0.717) is 51.5 Å². The highest BCUT2D eigenvalue weighted by Crippen LogP contribution is 2.28. The average Bonchev–Trinajstić information content (AvgIpc) is 3.16. The van der Waals surface area contributed by atoms with Crippen LogP contribution in [0.4, 0.5) is 5.69 Å². The number of rotatable bonds is 6. The van der Waals surface area contributed by atoms with Crippen LogP contribution >= 0.6 is 11.6 Å². The monoisotopic (exact) mass is 420 g/mol. The molecule has 0 aliphatic rings. The molecule has 0 fully saturated rings. The van der Waals surface area contributed by atoms with Gasteiger partial charge < -0.3 is 14.5 Å². The Morgan fingerprint density at radius 1 is 1.10 bits per heavy atom. The largest absolute Gasteiger partial charge is 0.493 e. The number of hydrogen-bond acceptors (Lipinski definition) is 4. The van der Waals surface area contributed by atoms with Crippen LogP contribution in [0.5, 0.6) is 5.75 Å². The lowest BCUT2D eigenvalue weighted by atomic mass is 10.1. The smallest absolute Gasteiger partial charge is 0.255 e. The molecule has 152 valence electrons. The summed E-state index contributed by atoms with van der Waals surface area (Å²) in [5.74, 6) is 1.34. The SMILES string of the molecule is CC(C)COc1cccc(C(=O)Nc2cccc(-c3nc4cc(Cl)ccc4o3)c2)c1. The van der Waals surface area contributed by atoms with Crippen molar-refractivity contribution in [2.45, 2.75) is 13.8 Å². The number of oxazole rings is 1. The van der Waals surface area contributed by atoms with Gasteiger partial charge in [-0.25, -0.2) is 4.98 Å². The number of hydrogen-bond donors (Lipinski definition) is 1. The second-order valence-electron chi connectivity index (χ2n) is 7.40. The van der Waals surface area contributed by atoms with Crippen molar-refractivity contribution in [3.05, 3.63) is 77.3 Å². The van der Waals surface area contributed by atoms with Crippen LogP contribution in [-0.2, 0) is 0 Å². The Labute approximate surface area is 179 Å². The molecule has 1 aromatic heterocycles. The molecule has 1 N–H and O–H groups in total. The van der Waals surface area contributed by atoms with Gasteiger partial charge in [-0.05, 0) is 60.5 Å². The molecular weight excluding hydrogens is 400 g/mol. The van der Waals surface area contributed by atoms with E-state index >= 15 is 0 Å². The summed E-state index contributed by atoms with van der Waals surface area (Å²) in [4.78, 5) is 17.2. The fraction of sp³-hybridized carbons (Fsp3) is 0.167. The van der Waals surface area contributed by atoms with E-state index < -0.39 is 0 Å². The summed E-state index contributed by atoms with van der Waals surface area (Å²) in [6.07, 6.45) is 0.